The van der Waals surface area contributed by atoms with E-state index in [4.69, 9.17) is 39.5 Å². The lowest BCUT2D eigenvalue weighted by atomic mass is 9.95. The molecule has 0 aliphatic carbocycles. The van der Waals surface area contributed by atoms with Crippen LogP contribution in [0.1, 0.15) is 17.2 Å². The number of carbonyl (C=O) groups excluding carboxylic acids is 2. The number of phenols is 1. The lowest BCUT2D eigenvalue weighted by Gasteiger charge is -2.26. The number of carbonyl (C=O) groups is 2. The van der Waals surface area contributed by atoms with E-state index >= 15 is 0 Å². The number of halogens is 3. The Hall–Kier alpha value is -3.19. The summed E-state index contributed by atoms with van der Waals surface area (Å²) in [5.74, 6) is -1.88. The predicted octanol–water partition coefficient (Wildman–Crippen LogP) is 5.99. The van der Waals surface area contributed by atoms with E-state index in [1.165, 1.54) is 54.5 Å². The van der Waals surface area contributed by atoms with Gasteiger partial charge in [-0.05, 0) is 54.1 Å². The van der Waals surface area contributed by atoms with Gasteiger partial charge in [-0.2, -0.15) is 0 Å². The molecule has 4 rings (SSSR count). The first-order valence-electron chi connectivity index (χ1n) is 9.61. The van der Waals surface area contributed by atoms with E-state index in [2.05, 4.69) is 0 Å². The summed E-state index contributed by atoms with van der Waals surface area (Å²) in [6, 6.07) is 14.0. The fourth-order valence-corrected chi connectivity index (χ4v) is 4.26. The molecule has 0 saturated carbocycles. The summed E-state index contributed by atoms with van der Waals surface area (Å²) in [6.45, 7) is 0. The lowest BCUT2D eigenvalue weighted by Crippen LogP contribution is -2.29. The summed E-state index contributed by atoms with van der Waals surface area (Å²) in [5, 5.41) is 21.9. The maximum atomic E-state index is 13.1. The predicted molar refractivity (Wildman–Crippen MR) is 127 cm³/mol. The van der Waals surface area contributed by atoms with Crippen LogP contribution in [0.5, 0.6) is 11.5 Å². The van der Waals surface area contributed by atoms with E-state index in [-0.39, 0.29) is 32.0 Å². The Morgan fingerprint density at radius 2 is 1.70 bits per heavy atom. The standard InChI is InChI=1S/C24H16Cl3NO5/c1-33-19-8-5-13(10-18(19)27)22(30)20-21(12-3-2-4-15(29)9-12)28(24(32)23(20)31)14-6-7-16(25)17(26)11-14/h2-11,21,29-30H,1H3/b22-20+. The SMILES string of the molecule is COc1ccc(/C(O)=C2\C(=O)C(=O)N(c3ccc(Cl)c(Cl)c3)C2c2cccc(O)c2)cc1Cl. The Bertz CT molecular complexity index is 1320. The number of benzene rings is 3. The molecule has 0 radical (unpaired) electrons. The van der Waals surface area contributed by atoms with Gasteiger partial charge in [0.2, 0.25) is 0 Å². The normalized spacial score (nSPS) is 17.5. The number of ketones is 1. The zero-order valence-electron chi connectivity index (χ0n) is 17.1. The third-order valence-electron chi connectivity index (χ3n) is 5.24. The molecule has 6 nitrogen and oxygen atoms in total. The summed E-state index contributed by atoms with van der Waals surface area (Å²) in [6.07, 6.45) is 0. The van der Waals surface area contributed by atoms with E-state index in [0.717, 1.165) is 0 Å². The number of ether oxygens (including phenoxy) is 1. The molecule has 1 fully saturated rings. The van der Waals surface area contributed by atoms with Gasteiger partial charge in [-0.3, -0.25) is 14.5 Å². The molecule has 1 saturated heterocycles. The van der Waals surface area contributed by atoms with Crippen molar-refractivity contribution in [3.63, 3.8) is 0 Å². The number of methoxy groups -OCH3 is 1. The first kappa shape index (κ1) is 23.0. The van der Waals surface area contributed by atoms with Gasteiger partial charge in [0.25, 0.3) is 11.7 Å². The monoisotopic (exact) mass is 503 g/mol. The minimum atomic E-state index is -1.05. The molecular weight excluding hydrogens is 489 g/mol. The number of anilines is 1. The zero-order chi connectivity index (χ0) is 23.9. The lowest BCUT2D eigenvalue weighted by molar-refractivity contribution is -0.132. The minimum Gasteiger partial charge on any atom is -0.508 e. The average molecular weight is 505 g/mol. The topological polar surface area (TPSA) is 87.1 Å². The molecule has 3 aromatic carbocycles. The van der Waals surface area contributed by atoms with Gasteiger partial charge in [0.15, 0.2) is 0 Å². The van der Waals surface area contributed by atoms with E-state index < -0.39 is 23.5 Å². The summed E-state index contributed by atoms with van der Waals surface area (Å²) in [4.78, 5) is 27.5. The van der Waals surface area contributed by atoms with E-state index in [0.29, 0.717) is 17.0 Å². The number of aliphatic hydroxyl groups is 1. The summed E-state index contributed by atoms with van der Waals surface area (Å²) < 4.78 is 5.13. The van der Waals surface area contributed by atoms with Gasteiger partial charge in [-0.15, -0.1) is 0 Å². The maximum Gasteiger partial charge on any atom is 0.300 e. The molecule has 168 valence electrons. The Kier molecular flexibility index (Phi) is 6.26. The quantitative estimate of drug-likeness (QED) is 0.259. The molecule has 1 atom stereocenters. The number of Topliss-reactive ketones (excluding diaryl/α,β-unsaturated/α-hetero) is 1. The smallest absolute Gasteiger partial charge is 0.300 e. The number of phenolic OH excluding ortho intramolecular Hbond substituents is 1. The van der Waals surface area contributed by atoms with Crippen molar-refractivity contribution in [3.05, 3.63) is 92.4 Å². The fourth-order valence-electron chi connectivity index (χ4n) is 3.71. The molecule has 0 aromatic heterocycles. The molecule has 1 aliphatic rings. The summed E-state index contributed by atoms with van der Waals surface area (Å²) in [7, 11) is 1.45. The molecular formula is C24H16Cl3NO5. The number of hydrogen-bond acceptors (Lipinski definition) is 5. The van der Waals surface area contributed by atoms with Gasteiger partial charge in [0, 0.05) is 11.3 Å². The molecule has 33 heavy (non-hydrogen) atoms. The molecule has 0 bridgehead atoms. The molecule has 1 amide bonds. The van der Waals surface area contributed by atoms with Crippen LogP contribution >= 0.6 is 34.8 Å². The zero-order valence-corrected chi connectivity index (χ0v) is 19.3. The first-order valence-corrected chi connectivity index (χ1v) is 10.7. The van der Waals surface area contributed by atoms with Crippen molar-refractivity contribution in [2.45, 2.75) is 6.04 Å². The van der Waals surface area contributed by atoms with Crippen LogP contribution in [0.4, 0.5) is 5.69 Å². The Morgan fingerprint density at radius 1 is 0.939 bits per heavy atom. The van der Waals surface area contributed by atoms with Crippen molar-refractivity contribution < 1.29 is 24.5 Å². The van der Waals surface area contributed by atoms with Crippen LogP contribution < -0.4 is 9.64 Å². The van der Waals surface area contributed by atoms with Gasteiger partial charge in [0.05, 0.1) is 33.8 Å². The average Bonchev–Trinajstić information content (AvgIpc) is 3.06. The van der Waals surface area contributed by atoms with Crippen LogP contribution in [0.15, 0.2) is 66.2 Å². The molecule has 0 spiro atoms. The van der Waals surface area contributed by atoms with Crippen molar-refractivity contribution >= 4 is 57.9 Å². The van der Waals surface area contributed by atoms with Gasteiger partial charge in [-0.25, -0.2) is 0 Å². The van der Waals surface area contributed by atoms with Crippen LogP contribution in [-0.2, 0) is 9.59 Å². The Balaban J connectivity index is 1.96. The highest BCUT2D eigenvalue weighted by Crippen LogP contribution is 2.44. The maximum absolute atomic E-state index is 13.1. The minimum absolute atomic E-state index is 0.0697. The van der Waals surface area contributed by atoms with Crippen LogP contribution in [-0.4, -0.2) is 29.0 Å². The Morgan fingerprint density at radius 3 is 2.33 bits per heavy atom. The van der Waals surface area contributed by atoms with Crippen LogP contribution in [0.3, 0.4) is 0 Å². The third kappa shape index (κ3) is 4.13. The van der Waals surface area contributed by atoms with Crippen molar-refractivity contribution in [1.29, 1.82) is 0 Å². The molecule has 3 aromatic rings. The second-order valence-corrected chi connectivity index (χ2v) is 8.43. The molecule has 9 heteroatoms. The summed E-state index contributed by atoms with van der Waals surface area (Å²) in [5.41, 5.74) is 0.754. The number of nitrogens with zero attached hydrogens (tertiary/aromatic N) is 1. The molecule has 1 unspecified atom stereocenters. The van der Waals surface area contributed by atoms with Gasteiger partial charge >= 0.3 is 0 Å². The van der Waals surface area contributed by atoms with Crippen molar-refractivity contribution in [3.8, 4) is 11.5 Å². The fraction of sp³-hybridized carbons (Fsp3) is 0.0833. The summed E-state index contributed by atoms with van der Waals surface area (Å²) >= 11 is 18.4. The van der Waals surface area contributed by atoms with Crippen molar-refractivity contribution in [1.82, 2.24) is 0 Å². The van der Waals surface area contributed by atoms with Crippen molar-refractivity contribution in [2.24, 2.45) is 0 Å². The molecule has 1 aliphatic heterocycles. The second kappa shape index (κ2) is 8.98. The van der Waals surface area contributed by atoms with E-state index in [1.807, 2.05) is 0 Å². The first-order chi connectivity index (χ1) is 15.7. The van der Waals surface area contributed by atoms with Crippen molar-refractivity contribution in [2.75, 3.05) is 12.0 Å². The highest BCUT2D eigenvalue weighted by Gasteiger charge is 2.47. The number of rotatable bonds is 4. The van der Waals surface area contributed by atoms with Crippen LogP contribution in [0, 0.1) is 0 Å². The van der Waals surface area contributed by atoms with Gasteiger partial charge in [0.1, 0.15) is 17.3 Å². The van der Waals surface area contributed by atoms with Gasteiger partial charge < -0.3 is 14.9 Å². The van der Waals surface area contributed by atoms with E-state index in [1.54, 1.807) is 18.2 Å². The van der Waals surface area contributed by atoms with E-state index in [9.17, 15) is 19.8 Å². The number of amides is 1. The number of aromatic hydroxyl groups is 1. The van der Waals surface area contributed by atoms with Crippen LogP contribution in [0.25, 0.3) is 5.76 Å². The Labute approximate surface area is 204 Å². The third-order valence-corrected chi connectivity index (χ3v) is 6.27. The van der Waals surface area contributed by atoms with Crippen LogP contribution in [0.2, 0.25) is 15.1 Å². The number of aliphatic hydroxyl groups excluding tert-OH is 1. The van der Waals surface area contributed by atoms with Gasteiger partial charge in [-0.1, -0.05) is 46.9 Å². The highest BCUT2D eigenvalue weighted by molar-refractivity contribution is 6.52. The highest BCUT2D eigenvalue weighted by atomic mass is 35.5. The molecule has 1 heterocycles. The molecule has 2 N–H and O–H groups in total. The number of hydrogen-bond donors (Lipinski definition) is 2. The largest absolute Gasteiger partial charge is 0.508 e. The second-order valence-electron chi connectivity index (χ2n) is 7.21.